The van der Waals surface area contributed by atoms with E-state index < -0.39 is 0 Å². The second kappa shape index (κ2) is 4.54. The molecule has 0 fully saturated rings. The van der Waals surface area contributed by atoms with Crippen molar-refractivity contribution in [1.82, 2.24) is 4.90 Å². The van der Waals surface area contributed by atoms with Crippen LogP contribution in [0.2, 0.25) is 0 Å². The summed E-state index contributed by atoms with van der Waals surface area (Å²) in [4.78, 5) is 13.4. The fraction of sp³-hybridized carbons (Fsp3) is 0.235. The number of hydrogen-bond donors (Lipinski definition) is 0. The fourth-order valence-corrected chi connectivity index (χ4v) is 2.93. The summed E-state index contributed by atoms with van der Waals surface area (Å²) in [5.41, 5.74) is 3.53. The monoisotopic (exact) mass is 251 g/mol. The van der Waals surface area contributed by atoms with Gasteiger partial charge in [0, 0.05) is 13.0 Å². The second-order valence-electron chi connectivity index (χ2n) is 5.32. The Balaban J connectivity index is 2.08. The molecule has 2 heteroatoms. The Morgan fingerprint density at radius 1 is 1.00 bits per heavy atom. The lowest BCUT2D eigenvalue weighted by Gasteiger charge is -2.44. The number of rotatable bonds is 2. The molecule has 1 heterocycles. The second-order valence-corrected chi connectivity index (χ2v) is 5.32. The molecule has 1 amide bonds. The van der Waals surface area contributed by atoms with Gasteiger partial charge in [-0.15, -0.1) is 0 Å². The quantitative estimate of drug-likeness (QED) is 0.751. The van der Waals surface area contributed by atoms with Crippen LogP contribution in [0.4, 0.5) is 0 Å². The van der Waals surface area contributed by atoms with Crippen molar-refractivity contribution in [3.05, 3.63) is 71.3 Å². The highest BCUT2D eigenvalue weighted by molar-refractivity contribution is 5.53. The number of benzene rings is 2. The lowest BCUT2D eigenvalue weighted by molar-refractivity contribution is -0.125. The lowest BCUT2D eigenvalue weighted by atomic mass is 9.79. The molecule has 0 saturated carbocycles. The molecule has 1 aliphatic heterocycles. The molecular formula is C17H17NO. The van der Waals surface area contributed by atoms with E-state index in [2.05, 4.69) is 37.3 Å². The molecule has 0 aliphatic carbocycles. The third kappa shape index (κ3) is 1.93. The predicted octanol–water partition coefficient (Wildman–Crippen LogP) is 3.12. The number of fused-ring (bicyclic) bond motifs is 1. The van der Waals surface area contributed by atoms with Crippen molar-refractivity contribution in [3.8, 4) is 0 Å². The Hall–Kier alpha value is -2.09. The molecule has 1 aliphatic rings. The molecule has 0 saturated heterocycles. The van der Waals surface area contributed by atoms with Crippen LogP contribution < -0.4 is 0 Å². The lowest BCUT2D eigenvalue weighted by Crippen LogP contribution is -2.47. The van der Waals surface area contributed by atoms with E-state index in [1.54, 1.807) is 0 Å². The third-order valence-corrected chi connectivity index (χ3v) is 4.15. The van der Waals surface area contributed by atoms with Gasteiger partial charge in [-0.25, -0.2) is 0 Å². The summed E-state index contributed by atoms with van der Waals surface area (Å²) in [5.74, 6) is 0. The van der Waals surface area contributed by atoms with Crippen molar-refractivity contribution in [2.24, 2.45) is 0 Å². The van der Waals surface area contributed by atoms with Crippen LogP contribution in [0.3, 0.4) is 0 Å². The number of hydrogen-bond acceptors (Lipinski definition) is 1. The van der Waals surface area contributed by atoms with Crippen LogP contribution in [-0.2, 0) is 23.3 Å². The average molecular weight is 251 g/mol. The molecule has 0 spiro atoms. The summed E-state index contributed by atoms with van der Waals surface area (Å²) < 4.78 is 0. The molecule has 1 unspecified atom stereocenters. The summed E-state index contributed by atoms with van der Waals surface area (Å²) >= 11 is 0. The van der Waals surface area contributed by atoms with Crippen LogP contribution in [0.25, 0.3) is 0 Å². The Kier molecular flexibility index (Phi) is 2.86. The number of carbonyl (C=O) groups excluding carboxylic acids is 1. The predicted molar refractivity (Wildman–Crippen MR) is 75.5 cm³/mol. The molecule has 19 heavy (non-hydrogen) atoms. The Morgan fingerprint density at radius 2 is 1.63 bits per heavy atom. The topological polar surface area (TPSA) is 20.3 Å². The van der Waals surface area contributed by atoms with Crippen LogP contribution >= 0.6 is 0 Å². The van der Waals surface area contributed by atoms with Gasteiger partial charge in [0.15, 0.2) is 0 Å². The molecule has 3 rings (SSSR count). The van der Waals surface area contributed by atoms with Gasteiger partial charge in [-0.3, -0.25) is 4.79 Å². The molecule has 2 aromatic rings. The van der Waals surface area contributed by atoms with Crippen LogP contribution in [0.1, 0.15) is 23.6 Å². The highest BCUT2D eigenvalue weighted by Gasteiger charge is 2.37. The average Bonchev–Trinajstić information content (AvgIpc) is 2.47. The SMILES string of the molecule is CC1(c2ccccc2)Cc2ccccc2CN1C=O. The zero-order valence-electron chi connectivity index (χ0n) is 11.0. The van der Waals surface area contributed by atoms with Gasteiger partial charge in [-0.2, -0.15) is 0 Å². The van der Waals surface area contributed by atoms with E-state index in [1.807, 2.05) is 29.2 Å². The number of amides is 1. The first-order valence-electron chi connectivity index (χ1n) is 6.58. The highest BCUT2D eigenvalue weighted by atomic mass is 16.1. The Labute approximate surface area is 113 Å². The van der Waals surface area contributed by atoms with Crippen LogP contribution in [0, 0.1) is 0 Å². The molecule has 0 radical (unpaired) electrons. The van der Waals surface area contributed by atoms with Crippen molar-refractivity contribution in [1.29, 1.82) is 0 Å². The van der Waals surface area contributed by atoms with E-state index in [1.165, 1.54) is 16.7 Å². The number of nitrogens with zero attached hydrogens (tertiary/aromatic N) is 1. The normalized spacial score (nSPS) is 21.8. The van der Waals surface area contributed by atoms with Crippen molar-refractivity contribution < 1.29 is 4.79 Å². The molecule has 1 atom stereocenters. The minimum Gasteiger partial charge on any atom is -0.331 e. The van der Waals surface area contributed by atoms with E-state index >= 15 is 0 Å². The van der Waals surface area contributed by atoms with E-state index in [0.717, 1.165) is 12.8 Å². The van der Waals surface area contributed by atoms with E-state index in [-0.39, 0.29) is 5.54 Å². The zero-order chi connectivity index (χ0) is 13.3. The van der Waals surface area contributed by atoms with Crippen molar-refractivity contribution in [2.75, 3.05) is 0 Å². The minimum atomic E-state index is -0.253. The molecule has 0 N–H and O–H groups in total. The maximum absolute atomic E-state index is 11.5. The van der Waals surface area contributed by atoms with Crippen molar-refractivity contribution in [2.45, 2.75) is 25.4 Å². The first-order chi connectivity index (χ1) is 9.24. The summed E-state index contributed by atoms with van der Waals surface area (Å²) in [6, 6.07) is 18.7. The van der Waals surface area contributed by atoms with Gasteiger partial charge in [0.25, 0.3) is 0 Å². The maximum atomic E-state index is 11.5. The van der Waals surface area contributed by atoms with Gasteiger partial charge in [-0.1, -0.05) is 54.6 Å². The smallest absolute Gasteiger partial charge is 0.210 e. The Bertz CT molecular complexity index is 593. The molecular weight excluding hydrogens is 234 g/mol. The maximum Gasteiger partial charge on any atom is 0.210 e. The van der Waals surface area contributed by atoms with Crippen LogP contribution in [0.15, 0.2) is 54.6 Å². The van der Waals surface area contributed by atoms with Crippen LogP contribution in [-0.4, -0.2) is 11.3 Å². The third-order valence-electron chi connectivity index (χ3n) is 4.15. The van der Waals surface area contributed by atoms with Gasteiger partial charge in [0.05, 0.1) is 5.54 Å². The van der Waals surface area contributed by atoms with Crippen molar-refractivity contribution in [3.63, 3.8) is 0 Å². The number of carbonyl (C=O) groups is 1. The zero-order valence-corrected chi connectivity index (χ0v) is 11.0. The van der Waals surface area contributed by atoms with Gasteiger partial charge in [0.2, 0.25) is 6.41 Å². The van der Waals surface area contributed by atoms with E-state index in [4.69, 9.17) is 0 Å². The summed E-state index contributed by atoms with van der Waals surface area (Å²) in [6.07, 6.45) is 1.84. The van der Waals surface area contributed by atoms with Gasteiger partial charge < -0.3 is 4.90 Å². The Morgan fingerprint density at radius 3 is 2.32 bits per heavy atom. The molecule has 0 bridgehead atoms. The van der Waals surface area contributed by atoms with Crippen LogP contribution in [0.5, 0.6) is 0 Å². The summed E-state index contributed by atoms with van der Waals surface area (Å²) in [5, 5.41) is 0. The van der Waals surface area contributed by atoms with E-state index in [9.17, 15) is 4.79 Å². The fourth-order valence-electron chi connectivity index (χ4n) is 2.93. The minimum absolute atomic E-state index is 0.253. The van der Waals surface area contributed by atoms with Crippen molar-refractivity contribution >= 4 is 6.41 Å². The molecule has 0 aromatic heterocycles. The standard InChI is InChI=1S/C17H17NO/c1-17(16-9-3-2-4-10-16)11-14-7-5-6-8-15(14)12-18(17)13-19/h2-10,13H,11-12H2,1H3. The highest BCUT2D eigenvalue weighted by Crippen LogP contribution is 2.37. The largest absolute Gasteiger partial charge is 0.331 e. The molecule has 2 nitrogen and oxygen atoms in total. The summed E-state index contributed by atoms with van der Waals surface area (Å²) in [7, 11) is 0. The summed E-state index contributed by atoms with van der Waals surface area (Å²) in [6.45, 7) is 2.83. The van der Waals surface area contributed by atoms with E-state index in [0.29, 0.717) is 6.54 Å². The van der Waals surface area contributed by atoms with Gasteiger partial charge in [0.1, 0.15) is 0 Å². The molecule has 2 aromatic carbocycles. The van der Waals surface area contributed by atoms with Gasteiger partial charge in [-0.05, 0) is 23.6 Å². The first-order valence-corrected chi connectivity index (χ1v) is 6.58. The molecule has 96 valence electrons. The first kappa shape index (κ1) is 12.0. The van der Waals surface area contributed by atoms with Gasteiger partial charge >= 0.3 is 0 Å².